The van der Waals surface area contributed by atoms with Crippen molar-refractivity contribution in [3.63, 3.8) is 0 Å². The lowest BCUT2D eigenvalue weighted by Gasteiger charge is -2.10. The predicted molar refractivity (Wildman–Crippen MR) is 97.9 cm³/mol. The quantitative estimate of drug-likeness (QED) is 0.274. The van der Waals surface area contributed by atoms with Crippen molar-refractivity contribution in [3.05, 3.63) is 59.2 Å². The molecular formula is C21H20F2O6. The molecule has 0 aliphatic carbocycles. The normalized spacial score (nSPS) is 14.9. The van der Waals surface area contributed by atoms with Crippen molar-refractivity contribution < 1.29 is 37.3 Å². The molecule has 1 heterocycles. The van der Waals surface area contributed by atoms with Crippen molar-refractivity contribution in [2.24, 2.45) is 0 Å². The SMILES string of the molecule is Cc1ccc(OC(=O)c2ccc(OCCCCOC(=O)C3CO3)c(F)c2F)cc1. The molecule has 0 bridgehead atoms. The molecule has 1 aliphatic rings. The summed E-state index contributed by atoms with van der Waals surface area (Å²) in [5.41, 5.74) is 0.447. The number of halogens is 2. The average molecular weight is 406 g/mol. The van der Waals surface area contributed by atoms with Crippen LogP contribution in [0.2, 0.25) is 0 Å². The van der Waals surface area contributed by atoms with Gasteiger partial charge in [0.15, 0.2) is 17.7 Å². The maximum Gasteiger partial charge on any atom is 0.346 e. The third-order valence-corrected chi connectivity index (χ3v) is 4.14. The second kappa shape index (κ2) is 9.47. The first-order valence-electron chi connectivity index (χ1n) is 9.13. The van der Waals surface area contributed by atoms with Gasteiger partial charge in [-0.05, 0) is 44.0 Å². The molecule has 0 N–H and O–H groups in total. The second-order valence-corrected chi connectivity index (χ2v) is 6.49. The predicted octanol–water partition coefficient (Wildman–Crippen LogP) is 3.59. The standard InChI is InChI=1S/C21H20F2O6/c1-13-4-6-14(7-5-13)29-20(24)15-8-9-16(19(23)18(15)22)26-10-2-3-11-27-21(25)17-12-28-17/h4-9,17H,2-3,10-12H2,1H3. The van der Waals surface area contributed by atoms with Crippen LogP contribution in [0.1, 0.15) is 28.8 Å². The molecule has 3 rings (SSSR count). The molecule has 0 saturated carbocycles. The van der Waals surface area contributed by atoms with E-state index < -0.39 is 35.2 Å². The van der Waals surface area contributed by atoms with Gasteiger partial charge in [-0.15, -0.1) is 0 Å². The Morgan fingerprint density at radius 1 is 1.03 bits per heavy atom. The van der Waals surface area contributed by atoms with Gasteiger partial charge in [0.1, 0.15) is 5.75 Å². The van der Waals surface area contributed by atoms with E-state index in [2.05, 4.69) is 0 Å². The van der Waals surface area contributed by atoms with Crippen molar-refractivity contribution in [2.75, 3.05) is 19.8 Å². The van der Waals surface area contributed by atoms with E-state index in [9.17, 15) is 18.4 Å². The van der Waals surface area contributed by atoms with Crippen molar-refractivity contribution >= 4 is 11.9 Å². The number of hydrogen-bond acceptors (Lipinski definition) is 6. The number of carbonyl (C=O) groups excluding carboxylic acids is 2. The van der Waals surface area contributed by atoms with Crippen molar-refractivity contribution in [1.29, 1.82) is 0 Å². The lowest BCUT2D eigenvalue weighted by Crippen LogP contribution is -2.13. The molecule has 0 amide bonds. The summed E-state index contributed by atoms with van der Waals surface area (Å²) in [6, 6.07) is 8.88. The Labute approximate surface area is 166 Å². The summed E-state index contributed by atoms with van der Waals surface area (Å²) in [6.45, 7) is 2.56. The zero-order valence-corrected chi connectivity index (χ0v) is 15.8. The Morgan fingerprint density at radius 2 is 1.72 bits per heavy atom. The number of benzene rings is 2. The minimum absolute atomic E-state index is 0.0982. The zero-order chi connectivity index (χ0) is 20.8. The molecule has 1 fully saturated rings. The molecule has 154 valence electrons. The summed E-state index contributed by atoms with van der Waals surface area (Å²) in [5, 5.41) is 0. The Bertz CT molecular complexity index is 877. The monoisotopic (exact) mass is 406 g/mol. The number of rotatable bonds is 9. The highest BCUT2D eigenvalue weighted by Gasteiger charge is 2.32. The van der Waals surface area contributed by atoms with Gasteiger partial charge in [0.05, 0.1) is 25.4 Å². The molecule has 0 radical (unpaired) electrons. The Morgan fingerprint density at radius 3 is 2.41 bits per heavy atom. The fraction of sp³-hybridized carbons (Fsp3) is 0.333. The molecule has 2 aromatic carbocycles. The van der Waals surface area contributed by atoms with Crippen molar-refractivity contribution in [3.8, 4) is 11.5 Å². The highest BCUT2D eigenvalue weighted by molar-refractivity contribution is 5.91. The fourth-order valence-electron chi connectivity index (χ4n) is 2.41. The van der Waals surface area contributed by atoms with E-state index in [1.807, 2.05) is 6.92 Å². The van der Waals surface area contributed by atoms with E-state index >= 15 is 0 Å². The summed E-state index contributed by atoms with van der Waals surface area (Å²) in [6.07, 6.45) is 0.528. The van der Waals surface area contributed by atoms with Crippen LogP contribution in [0.25, 0.3) is 0 Å². The fourth-order valence-corrected chi connectivity index (χ4v) is 2.41. The molecule has 1 aliphatic heterocycles. The van der Waals surface area contributed by atoms with E-state index in [1.165, 1.54) is 6.07 Å². The molecule has 29 heavy (non-hydrogen) atoms. The molecule has 1 saturated heterocycles. The van der Waals surface area contributed by atoms with Gasteiger partial charge in [-0.25, -0.2) is 14.0 Å². The van der Waals surface area contributed by atoms with Gasteiger partial charge >= 0.3 is 11.9 Å². The van der Waals surface area contributed by atoms with E-state index in [1.54, 1.807) is 24.3 Å². The molecule has 1 unspecified atom stereocenters. The number of ether oxygens (including phenoxy) is 4. The third-order valence-electron chi connectivity index (χ3n) is 4.14. The van der Waals surface area contributed by atoms with Gasteiger partial charge in [0, 0.05) is 0 Å². The minimum atomic E-state index is -1.34. The maximum atomic E-state index is 14.3. The molecule has 0 aromatic heterocycles. The first-order valence-corrected chi connectivity index (χ1v) is 9.13. The lowest BCUT2D eigenvalue weighted by molar-refractivity contribution is -0.145. The van der Waals surface area contributed by atoms with Crippen LogP contribution < -0.4 is 9.47 Å². The number of hydrogen-bond donors (Lipinski definition) is 0. The van der Waals surface area contributed by atoms with Crippen LogP contribution >= 0.6 is 0 Å². The van der Waals surface area contributed by atoms with Gasteiger partial charge < -0.3 is 18.9 Å². The number of aryl methyl sites for hydroxylation is 1. The number of esters is 2. The average Bonchev–Trinajstić information content (AvgIpc) is 3.54. The van der Waals surface area contributed by atoms with Crippen molar-refractivity contribution in [2.45, 2.75) is 25.9 Å². The molecule has 1 atom stereocenters. The highest BCUT2D eigenvalue weighted by atomic mass is 19.2. The van der Waals surface area contributed by atoms with Crippen LogP contribution in [-0.4, -0.2) is 37.9 Å². The summed E-state index contributed by atoms with van der Waals surface area (Å²) >= 11 is 0. The van der Waals surface area contributed by atoms with Crippen LogP contribution in [0.5, 0.6) is 11.5 Å². The topological polar surface area (TPSA) is 74.4 Å². The van der Waals surface area contributed by atoms with Gasteiger partial charge in [-0.3, -0.25) is 0 Å². The Hall–Kier alpha value is -3.00. The summed E-state index contributed by atoms with van der Waals surface area (Å²) in [4.78, 5) is 23.4. The Kier molecular flexibility index (Phi) is 6.77. The number of epoxide rings is 1. The van der Waals surface area contributed by atoms with Crippen LogP contribution in [0.3, 0.4) is 0 Å². The van der Waals surface area contributed by atoms with Crippen LogP contribution in [0.15, 0.2) is 36.4 Å². The smallest absolute Gasteiger partial charge is 0.346 e. The third kappa shape index (κ3) is 5.74. The second-order valence-electron chi connectivity index (χ2n) is 6.49. The largest absolute Gasteiger partial charge is 0.490 e. The van der Waals surface area contributed by atoms with Gasteiger partial charge in [0.2, 0.25) is 5.82 Å². The Balaban J connectivity index is 1.48. The number of unbranched alkanes of at least 4 members (excludes halogenated alkanes) is 1. The molecular weight excluding hydrogens is 386 g/mol. The molecule has 2 aromatic rings. The first-order chi connectivity index (χ1) is 14.0. The van der Waals surface area contributed by atoms with E-state index in [0.717, 1.165) is 11.6 Å². The van der Waals surface area contributed by atoms with Gasteiger partial charge in [-0.2, -0.15) is 4.39 Å². The maximum absolute atomic E-state index is 14.3. The zero-order valence-electron chi connectivity index (χ0n) is 15.8. The molecule has 8 heteroatoms. The van der Waals surface area contributed by atoms with Crippen LogP contribution in [-0.2, 0) is 14.3 Å². The van der Waals surface area contributed by atoms with Crippen LogP contribution in [0, 0.1) is 18.6 Å². The minimum Gasteiger partial charge on any atom is -0.490 e. The molecule has 0 spiro atoms. The number of carbonyl (C=O) groups is 2. The van der Waals surface area contributed by atoms with E-state index in [4.69, 9.17) is 18.9 Å². The van der Waals surface area contributed by atoms with E-state index in [-0.39, 0.29) is 24.7 Å². The van der Waals surface area contributed by atoms with Crippen LogP contribution in [0.4, 0.5) is 8.78 Å². The van der Waals surface area contributed by atoms with Gasteiger partial charge in [-0.1, -0.05) is 17.7 Å². The highest BCUT2D eigenvalue weighted by Crippen LogP contribution is 2.24. The summed E-state index contributed by atoms with van der Waals surface area (Å²) < 4.78 is 48.5. The summed E-state index contributed by atoms with van der Waals surface area (Å²) in [5.74, 6) is -4.07. The first kappa shape index (κ1) is 20.7. The van der Waals surface area contributed by atoms with Crippen molar-refractivity contribution in [1.82, 2.24) is 0 Å². The summed E-state index contributed by atoms with van der Waals surface area (Å²) in [7, 11) is 0. The van der Waals surface area contributed by atoms with E-state index in [0.29, 0.717) is 19.4 Å². The lowest BCUT2D eigenvalue weighted by atomic mass is 10.2. The molecule has 6 nitrogen and oxygen atoms in total. The van der Waals surface area contributed by atoms with Gasteiger partial charge in [0.25, 0.3) is 0 Å².